The summed E-state index contributed by atoms with van der Waals surface area (Å²) in [5, 5.41) is 0. The fourth-order valence-electron chi connectivity index (χ4n) is 4.57. The van der Waals surface area contributed by atoms with E-state index in [1.54, 1.807) is 0 Å². The molecule has 1 amide bonds. The lowest BCUT2D eigenvalue weighted by Crippen LogP contribution is -2.53. The highest BCUT2D eigenvalue weighted by atomic mass is 35.5. The first kappa shape index (κ1) is 17.0. The first-order valence-corrected chi connectivity index (χ1v) is 8.53. The molecular formula is C16H30ClN3O. The topological polar surface area (TPSA) is 49.6 Å². The minimum atomic E-state index is 0. The third-order valence-corrected chi connectivity index (χ3v) is 5.67. The molecule has 3 rings (SSSR count). The minimum absolute atomic E-state index is 0. The van der Waals surface area contributed by atoms with Crippen LogP contribution in [0.25, 0.3) is 0 Å². The van der Waals surface area contributed by atoms with E-state index in [0.717, 1.165) is 25.4 Å². The largest absolute Gasteiger partial charge is 0.338 e. The van der Waals surface area contributed by atoms with Gasteiger partial charge < -0.3 is 10.6 Å². The molecule has 3 unspecified atom stereocenters. The molecule has 3 atom stereocenters. The zero-order valence-electron chi connectivity index (χ0n) is 13.0. The van der Waals surface area contributed by atoms with Crippen molar-refractivity contribution in [2.45, 2.75) is 63.5 Å². The second-order valence-corrected chi connectivity index (χ2v) is 6.84. The lowest BCUT2D eigenvalue weighted by atomic mass is 9.78. The summed E-state index contributed by atoms with van der Waals surface area (Å²) < 4.78 is 0. The number of hydrogen-bond donors (Lipinski definition) is 1. The Morgan fingerprint density at radius 1 is 1.00 bits per heavy atom. The van der Waals surface area contributed by atoms with E-state index in [0.29, 0.717) is 31.1 Å². The number of fused-ring (bicyclic) bond motifs is 1. The standard InChI is InChI=1S/C16H29N3O.ClH/c17-11-14-7-4-9-18(14)12-16(20)19-10-3-6-13-5-1-2-8-15(13)19;/h13-15H,1-12,17H2;1H. The predicted octanol–water partition coefficient (Wildman–Crippen LogP) is 2.01. The van der Waals surface area contributed by atoms with Crippen molar-refractivity contribution in [2.75, 3.05) is 26.2 Å². The van der Waals surface area contributed by atoms with Crippen molar-refractivity contribution < 1.29 is 4.79 Å². The average molecular weight is 316 g/mol. The van der Waals surface area contributed by atoms with Gasteiger partial charge in [0, 0.05) is 25.2 Å². The molecule has 2 saturated heterocycles. The molecule has 122 valence electrons. The number of carbonyl (C=O) groups is 1. The molecule has 0 aromatic heterocycles. The van der Waals surface area contributed by atoms with Gasteiger partial charge in [-0.05, 0) is 51.0 Å². The van der Waals surface area contributed by atoms with E-state index in [2.05, 4.69) is 9.80 Å². The highest BCUT2D eigenvalue weighted by Crippen LogP contribution is 2.35. The normalized spacial score (nSPS) is 33.4. The molecule has 4 nitrogen and oxygen atoms in total. The van der Waals surface area contributed by atoms with Crippen molar-refractivity contribution in [3.63, 3.8) is 0 Å². The summed E-state index contributed by atoms with van der Waals surface area (Å²) in [6, 6.07) is 0.981. The SMILES string of the molecule is Cl.NCC1CCCN1CC(=O)N1CCCC2CCCCC21. The molecular weight excluding hydrogens is 286 g/mol. The van der Waals surface area contributed by atoms with Gasteiger partial charge in [-0.15, -0.1) is 12.4 Å². The Bertz CT molecular complexity index is 350. The molecule has 2 aliphatic heterocycles. The molecule has 0 spiro atoms. The summed E-state index contributed by atoms with van der Waals surface area (Å²) >= 11 is 0. The van der Waals surface area contributed by atoms with Crippen LogP contribution in [0.2, 0.25) is 0 Å². The van der Waals surface area contributed by atoms with Crippen LogP contribution in [0.5, 0.6) is 0 Å². The van der Waals surface area contributed by atoms with E-state index in [1.807, 2.05) is 0 Å². The second-order valence-electron chi connectivity index (χ2n) is 6.84. The highest BCUT2D eigenvalue weighted by Gasteiger charge is 2.36. The Kier molecular flexibility index (Phi) is 6.33. The predicted molar refractivity (Wildman–Crippen MR) is 87.6 cm³/mol. The number of likely N-dealkylation sites (tertiary alicyclic amines) is 2. The van der Waals surface area contributed by atoms with Crippen LogP contribution in [0.3, 0.4) is 0 Å². The molecule has 3 aliphatic rings. The highest BCUT2D eigenvalue weighted by molar-refractivity contribution is 5.85. The van der Waals surface area contributed by atoms with Gasteiger partial charge in [0.1, 0.15) is 0 Å². The van der Waals surface area contributed by atoms with Crippen LogP contribution in [0.15, 0.2) is 0 Å². The van der Waals surface area contributed by atoms with E-state index in [9.17, 15) is 4.79 Å². The zero-order chi connectivity index (χ0) is 13.9. The summed E-state index contributed by atoms with van der Waals surface area (Å²) in [6.07, 6.45) is 10.1. The lowest BCUT2D eigenvalue weighted by Gasteiger charge is -2.44. The maximum absolute atomic E-state index is 12.7. The number of rotatable bonds is 3. The van der Waals surface area contributed by atoms with Gasteiger partial charge in [0.05, 0.1) is 6.54 Å². The molecule has 0 aromatic carbocycles. The monoisotopic (exact) mass is 315 g/mol. The number of piperidine rings is 1. The number of amides is 1. The molecule has 21 heavy (non-hydrogen) atoms. The first-order valence-electron chi connectivity index (χ1n) is 8.53. The third kappa shape index (κ3) is 3.72. The molecule has 0 aromatic rings. The number of nitrogens with two attached hydrogens (primary N) is 1. The summed E-state index contributed by atoms with van der Waals surface area (Å²) in [6.45, 7) is 3.33. The van der Waals surface area contributed by atoms with Crippen molar-refractivity contribution in [1.82, 2.24) is 9.80 Å². The fourth-order valence-corrected chi connectivity index (χ4v) is 4.57. The average Bonchev–Trinajstić information content (AvgIpc) is 2.93. The second kappa shape index (κ2) is 7.80. The van der Waals surface area contributed by atoms with Crippen LogP contribution in [0.4, 0.5) is 0 Å². The molecule has 0 radical (unpaired) electrons. The summed E-state index contributed by atoms with van der Waals surface area (Å²) in [5.41, 5.74) is 5.82. The van der Waals surface area contributed by atoms with Crippen LogP contribution in [0.1, 0.15) is 51.4 Å². The first-order chi connectivity index (χ1) is 9.79. The van der Waals surface area contributed by atoms with Crippen molar-refractivity contribution >= 4 is 18.3 Å². The van der Waals surface area contributed by atoms with Crippen molar-refractivity contribution in [1.29, 1.82) is 0 Å². The summed E-state index contributed by atoms with van der Waals surface area (Å²) in [5.74, 6) is 1.15. The van der Waals surface area contributed by atoms with Crippen LogP contribution < -0.4 is 5.73 Å². The maximum Gasteiger partial charge on any atom is 0.237 e. The van der Waals surface area contributed by atoms with Crippen molar-refractivity contribution in [3.8, 4) is 0 Å². The van der Waals surface area contributed by atoms with E-state index >= 15 is 0 Å². The Balaban J connectivity index is 0.00000161. The molecule has 3 fully saturated rings. The summed E-state index contributed by atoms with van der Waals surface area (Å²) in [4.78, 5) is 17.2. The van der Waals surface area contributed by atoms with Crippen LogP contribution in [-0.4, -0.2) is 54.0 Å². The molecule has 2 heterocycles. The number of carbonyl (C=O) groups excluding carboxylic acids is 1. The molecule has 1 saturated carbocycles. The van der Waals surface area contributed by atoms with Crippen LogP contribution in [-0.2, 0) is 4.79 Å². The van der Waals surface area contributed by atoms with E-state index < -0.39 is 0 Å². The molecule has 1 aliphatic carbocycles. The van der Waals surface area contributed by atoms with E-state index in [-0.39, 0.29) is 12.4 Å². The van der Waals surface area contributed by atoms with Gasteiger partial charge in [0.25, 0.3) is 0 Å². The van der Waals surface area contributed by atoms with Gasteiger partial charge in [-0.25, -0.2) is 0 Å². The maximum atomic E-state index is 12.7. The number of nitrogens with zero attached hydrogens (tertiary/aromatic N) is 2. The smallest absolute Gasteiger partial charge is 0.237 e. The van der Waals surface area contributed by atoms with Crippen LogP contribution >= 0.6 is 12.4 Å². The molecule has 5 heteroatoms. The number of hydrogen-bond acceptors (Lipinski definition) is 3. The van der Waals surface area contributed by atoms with Crippen molar-refractivity contribution in [3.05, 3.63) is 0 Å². The van der Waals surface area contributed by atoms with Gasteiger partial charge in [0.15, 0.2) is 0 Å². The Morgan fingerprint density at radius 2 is 1.71 bits per heavy atom. The van der Waals surface area contributed by atoms with Gasteiger partial charge in [0.2, 0.25) is 5.91 Å². The quantitative estimate of drug-likeness (QED) is 0.867. The third-order valence-electron chi connectivity index (χ3n) is 5.67. The minimum Gasteiger partial charge on any atom is -0.338 e. The molecule has 2 N–H and O–H groups in total. The Labute approximate surface area is 134 Å². The van der Waals surface area contributed by atoms with Crippen LogP contribution in [0, 0.1) is 5.92 Å². The Morgan fingerprint density at radius 3 is 2.52 bits per heavy atom. The summed E-state index contributed by atoms with van der Waals surface area (Å²) in [7, 11) is 0. The number of halogens is 1. The van der Waals surface area contributed by atoms with Gasteiger partial charge in [-0.3, -0.25) is 9.69 Å². The van der Waals surface area contributed by atoms with E-state index in [4.69, 9.17) is 5.73 Å². The van der Waals surface area contributed by atoms with Gasteiger partial charge in [-0.1, -0.05) is 12.8 Å². The fraction of sp³-hybridized carbons (Fsp3) is 0.938. The zero-order valence-corrected chi connectivity index (χ0v) is 13.8. The van der Waals surface area contributed by atoms with E-state index in [1.165, 1.54) is 44.9 Å². The lowest BCUT2D eigenvalue weighted by molar-refractivity contribution is -0.139. The van der Waals surface area contributed by atoms with Gasteiger partial charge in [-0.2, -0.15) is 0 Å². The molecule has 0 bridgehead atoms. The Hall–Kier alpha value is -0.320. The van der Waals surface area contributed by atoms with Crippen molar-refractivity contribution in [2.24, 2.45) is 11.7 Å². The van der Waals surface area contributed by atoms with Gasteiger partial charge >= 0.3 is 0 Å².